The number of halogens is 6. The summed E-state index contributed by atoms with van der Waals surface area (Å²) in [5.41, 5.74) is -2.79. The molecule has 152 valence electrons. The Morgan fingerprint density at radius 3 is 1.17 bits per heavy atom. The highest BCUT2D eigenvalue weighted by Crippen LogP contribution is 2.40. The van der Waals surface area contributed by atoms with Gasteiger partial charge in [0.15, 0.2) is 0 Å². The molecule has 0 saturated heterocycles. The van der Waals surface area contributed by atoms with Gasteiger partial charge in [0, 0.05) is 0 Å². The molecule has 3 rings (SSSR count). The normalized spacial score (nSPS) is 12.4. The lowest BCUT2D eigenvalue weighted by atomic mass is 10.1. The van der Waals surface area contributed by atoms with Gasteiger partial charge in [-0.25, -0.2) is 0 Å². The second-order valence-electron chi connectivity index (χ2n) is 6.13. The van der Waals surface area contributed by atoms with Crippen LogP contribution in [0.5, 0.6) is 11.5 Å². The van der Waals surface area contributed by atoms with E-state index in [0.29, 0.717) is 22.7 Å². The quantitative estimate of drug-likeness (QED) is 0.459. The summed E-state index contributed by atoms with van der Waals surface area (Å²) >= 11 is 0. The molecule has 9 heteroatoms. The number of aromatic hydroxyl groups is 2. The van der Waals surface area contributed by atoms with Crippen LogP contribution < -0.4 is 15.9 Å². The van der Waals surface area contributed by atoms with Gasteiger partial charge in [-0.1, -0.05) is 24.3 Å². The van der Waals surface area contributed by atoms with Crippen LogP contribution in [0, 0.1) is 0 Å². The zero-order chi connectivity index (χ0) is 21.4. The number of hydrogen-bond donors (Lipinski definition) is 2. The van der Waals surface area contributed by atoms with Crippen molar-refractivity contribution in [2.75, 3.05) is 0 Å². The van der Waals surface area contributed by atoms with Crippen molar-refractivity contribution in [1.82, 2.24) is 0 Å². The van der Waals surface area contributed by atoms with Crippen molar-refractivity contribution in [3.05, 3.63) is 77.9 Å². The lowest BCUT2D eigenvalue weighted by Gasteiger charge is -2.22. The third-order valence-corrected chi connectivity index (χ3v) is 6.45. The first-order valence-electron chi connectivity index (χ1n) is 8.13. The molecule has 0 heterocycles. The van der Waals surface area contributed by atoms with E-state index < -0.39 is 31.4 Å². The molecule has 3 aromatic rings. The minimum absolute atomic E-state index is 0.0880. The van der Waals surface area contributed by atoms with Crippen molar-refractivity contribution >= 4 is 23.8 Å². The predicted octanol–water partition coefficient (Wildman–Crippen LogP) is 4.89. The van der Waals surface area contributed by atoms with Crippen LogP contribution in [0.15, 0.2) is 66.7 Å². The second-order valence-corrected chi connectivity index (χ2v) is 8.35. The summed E-state index contributed by atoms with van der Waals surface area (Å²) in [6, 6.07) is 12.5. The molecule has 0 saturated carbocycles. The van der Waals surface area contributed by atoms with E-state index in [-0.39, 0.29) is 22.9 Å². The van der Waals surface area contributed by atoms with Crippen molar-refractivity contribution in [2.24, 2.45) is 0 Å². The van der Waals surface area contributed by atoms with Crippen LogP contribution >= 0.6 is 7.92 Å². The van der Waals surface area contributed by atoms with E-state index in [1.807, 2.05) is 0 Å². The van der Waals surface area contributed by atoms with E-state index in [2.05, 4.69) is 0 Å². The first-order chi connectivity index (χ1) is 13.4. The SMILES string of the molecule is Oc1ccc(P(c2ccc(O)cc2)c2cc(C(F)(F)F)cc(C(F)(F)F)c2)cc1. The average molecular weight is 430 g/mol. The largest absolute Gasteiger partial charge is 0.508 e. The zero-order valence-corrected chi connectivity index (χ0v) is 15.4. The molecule has 0 amide bonds. The Balaban J connectivity index is 2.27. The number of hydrogen-bond acceptors (Lipinski definition) is 2. The molecule has 29 heavy (non-hydrogen) atoms. The molecular formula is C20H13F6O2P. The van der Waals surface area contributed by atoms with Crippen LogP contribution in [0.25, 0.3) is 0 Å². The minimum Gasteiger partial charge on any atom is -0.508 e. The summed E-state index contributed by atoms with van der Waals surface area (Å²) in [6.45, 7) is 0. The Labute approximate surface area is 162 Å². The molecule has 3 aromatic carbocycles. The lowest BCUT2D eigenvalue weighted by molar-refractivity contribution is -0.142. The summed E-state index contributed by atoms with van der Waals surface area (Å²) in [6.07, 6.45) is -9.91. The highest BCUT2D eigenvalue weighted by Gasteiger charge is 2.37. The molecule has 2 N–H and O–H groups in total. The van der Waals surface area contributed by atoms with E-state index in [4.69, 9.17) is 0 Å². The van der Waals surface area contributed by atoms with Crippen molar-refractivity contribution in [3.8, 4) is 11.5 Å². The van der Waals surface area contributed by atoms with Crippen molar-refractivity contribution < 1.29 is 36.6 Å². The average Bonchev–Trinajstić information content (AvgIpc) is 2.63. The summed E-state index contributed by atoms with van der Waals surface area (Å²) < 4.78 is 79.7. The van der Waals surface area contributed by atoms with Gasteiger partial charge in [-0.2, -0.15) is 26.3 Å². The molecule has 0 unspecified atom stereocenters. The fraction of sp³-hybridized carbons (Fsp3) is 0.100. The summed E-state index contributed by atoms with van der Waals surface area (Å²) in [5, 5.41) is 19.7. The van der Waals surface area contributed by atoms with E-state index in [0.717, 1.165) is 0 Å². The second kappa shape index (κ2) is 7.59. The van der Waals surface area contributed by atoms with Gasteiger partial charge in [-0.05, 0) is 66.3 Å². The van der Waals surface area contributed by atoms with Crippen LogP contribution in [0.2, 0.25) is 0 Å². The van der Waals surface area contributed by atoms with Crippen molar-refractivity contribution in [3.63, 3.8) is 0 Å². The summed E-state index contributed by atoms with van der Waals surface area (Å²) in [7, 11) is -1.82. The van der Waals surface area contributed by atoms with Gasteiger partial charge in [-0.3, -0.25) is 0 Å². The lowest BCUT2D eigenvalue weighted by Crippen LogP contribution is -2.24. The van der Waals surface area contributed by atoms with Gasteiger partial charge >= 0.3 is 12.4 Å². The smallest absolute Gasteiger partial charge is 0.416 e. The van der Waals surface area contributed by atoms with E-state index in [9.17, 15) is 36.6 Å². The highest BCUT2D eigenvalue weighted by molar-refractivity contribution is 7.79. The molecule has 2 nitrogen and oxygen atoms in total. The first kappa shape index (κ1) is 21.0. The predicted molar refractivity (Wildman–Crippen MR) is 98.5 cm³/mol. The molecule has 0 aliphatic carbocycles. The molecular weight excluding hydrogens is 417 g/mol. The van der Waals surface area contributed by atoms with Crippen LogP contribution in [-0.4, -0.2) is 10.2 Å². The number of alkyl halides is 6. The number of phenolic OH excluding ortho intramolecular Hbond substituents is 2. The van der Waals surface area contributed by atoms with Crippen molar-refractivity contribution in [1.29, 1.82) is 0 Å². The Kier molecular flexibility index (Phi) is 5.50. The standard InChI is InChI=1S/C20H13F6O2P/c21-19(22,23)12-9-13(20(24,25)26)11-18(10-12)29(16-5-1-14(27)2-6-16)17-7-3-15(28)4-8-17/h1-11,27-28H. The third kappa shape index (κ3) is 4.82. The van der Waals surface area contributed by atoms with Crippen LogP contribution in [0.3, 0.4) is 0 Å². The molecule has 0 bridgehead atoms. The number of phenols is 2. The molecule has 0 fully saturated rings. The van der Waals surface area contributed by atoms with Crippen LogP contribution in [0.4, 0.5) is 26.3 Å². The molecule has 0 radical (unpaired) electrons. The fourth-order valence-electron chi connectivity index (χ4n) is 2.72. The molecule has 0 aromatic heterocycles. The Morgan fingerprint density at radius 1 is 0.517 bits per heavy atom. The summed E-state index contributed by atoms with van der Waals surface area (Å²) in [5.74, 6) is -0.177. The van der Waals surface area contributed by atoms with Gasteiger partial charge in [-0.15, -0.1) is 0 Å². The molecule has 0 spiro atoms. The van der Waals surface area contributed by atoms with Gasteiger partial charge in [0.1, 0.15) is 11.5 Å². The maximum Gasteiger partial charge on any atom is 0.416 e. The Hall–Kier alpha value is -2.73. The zero-order valence-electron chi connectivity index (χ0n) is 14.5. The van der Waals surface area contributed by atoms with E-state index >= 15 is 0 Å². The van der Waals surface area contributed by atoms with Gasteiger partial charge in [0.05, 0.1) is 11.1 Å². The maximum absolute atomic E-state index is 13.3. The van der Waals surface area contributed by atoms with E-state index in [1.165, 1.54) is 48.5 Å². The van der Waals surface area contributed by atoms with Crippen molar-refractivity contribution in [2.45, 2.75) is 12.4 Å². The van der Waals surface area contributed by atoms with Gasteiger partial charge < -0.3 is 10.2 Å². The van der Waals surface area contributed by atoms with Crippen LogP contribution in [-0.2, 0) is 12.4 Å². The Morgan fingerprint density at radius 2 is 0.862 bits per heavy atom. The Bertz CT molecular complexity index is 918. The van der Waals surface area contributed by atoms with E-state index in [1.54, 1.807) is 0 Å². The molecule has 0 aliphatic heterocycles. The first-order valence-corrected chi connectivity index (χ1v) is 9.47. The third-order valence-electron chi connectivity index (χ3n) is 4.05. The van der Waals surface area contributed by atoms with Crippen LogP contribution in [0.1, 0.15) is 11.1 Å². The number of rotatable bonds is 3. The molecule has 0 aliphatic rings. The van der Waals surface area contributed by atoms with Gasteiger partial charge in [0.25, 0.3) is 0 Å². The molecule has 0 atom stereocenters. The van der Waals surface area contributed by atoms with Gasteiger partial charge in [0.2, 0.25) is 0 Å². The minimum atomic E-state index is -4.96. The maximum atomic E-state index is 13.3. The highest BCUT2D eigenvalue weighted by atomic mass is 31.1. The topological polar surface area (TPSA) is 40.5 Å². The number of benzene rings is 3. The fourth-order valence-corrected chi connectivity index (χ4v) is 5.04. The summed E-state index contributed by atoms with van der Waals surface area (Å²) in [4.78, 5) is 0. The monoisotopic (exact) mass is 430 g/mol.